The molecule has 0 aliphatic carbocycles. The summed E-state index contributed by atoms with van der Waals surface area (Å²) in [5.74, 6) is -0.521. The van der Waals surface area contributed by atoms with Crippen molar-refractivity contribution in [2.75, 3.05) is 0 Å². The predicted molar refractivity (Wildman–Crippen MR) is 52.4 cm³/mol. The SMILES string of the molecule is CC(=O)N/N=C(\C)c1ccc(F)cc1. The zero-order valence-electron chi connectivity index (χ0n) is 8.04. The Labute approximate surface area is 81.6 Å². The fourth-order valence-electron chi connectivity index (χ4n) is 0.918. The summed E-state index contributed by atoms with van der Waals surface area (Å²) in [7, 11) is 0. The third-order valence-electron chi connectivity index (χ3n) is 1.64. The van der Waals surface area contributed by atoms with Gasteiger partial charge in [0.05, 0.1) is 5.71 Å². The van der Waals surface area contributed by atoms with Crippen LogP contribution in [0.4, 0.5) is 4.39 Å². The zero-order valence-corrected chi connectivity index (χ0v) is 8.04. The van der Waals surface area contributed by atoms with Crippen LogP contribution < -0.4 is 5.43 Å². The Morgan fingerprint density at radius 2 is 1.86 bits per heavy atom. The van der Waals surface area contributed by atoms with Gasteiger partial charge in [0, 0.05) is 6.92 Å². The average molecular weight is 194 g/mol. The van der Waals surface area contributed by atoms with Crippen LogP contribution in [0.2, 0.25) is 0 Å². The van der Waals surface area contributed by atoms with Crippen molar-refractivity contribution in [1.29, 1.82) is 0 Å². The highest BCUT2D eigenvalue weighted by molar-refractivity contribution is 5.99. The lowest BCUT2D eigenvalue weighted by molar-refractivity contribution is -0.118. The summed E-state index contributed by atoms with van der Waals surface area (Å²) in [5.41, 5.74) is 3.73. The number of hydrogen-bond donors (Lipinski definition) is 1. The van der Waals surface area contributed by atoms with Gasteiger partial charge in [-0.1, -0.05) is 12.1 Å². The molecule has 0 aliphatic rings. The number of halogens is 1. The molecule has 0 heterocycles. The van der Waals surface area contributed by atoms with E-state index in [0.717, 1.165) is 5.56 Å². The summed E-state index contributed by atoms with van der Waals surface area (Å²) >= 11 is 0. The predicted octanol–water partition coefficient (Wildman–Crippen LogP) is 1.69. The topological polar surface area (TPSA) is 41.5 Å². The first-order valence-electron chi connectivity index (χ1n) is 4.16. The van der Waals surface area contributed by atoms with E-state index in [4.69, 9.17) is 0 Å². The van der Waals surface area contributed by atoms with Gasteiger partial charge in [-0.2, -0.15) is 5.10 Å². The molecule has 0 bridgehead atoms. The van der Waals surface area contributed by atoms with Crippen molar-refractivity contribution in [2.45, 2.75) is 13.8 Å². The summed E-state index contributed by atoms with van der Waals surface area (Å²) < 4.78 is 12.6. The molecule has 0 aliphatic heterocycles. The molecule has 0 spiro atoms. The molecule has 0 fully saturated rings. The minimum Gasteiger partial charge on any atom is -0.274 e. The van der Waals surface area contributed by atoms with Crippen LogP contribution in [0.15, 0.2) is 29.4 Å². The first-order valence-corrected chi connectivity index (χ1v) is 4.16. The number of nitrogens with zero attached hydrogens (tertiary/aromatic N) is 1. The Balaban J connectivity index is 2.78. The molecule has 4 heteroatoms. The fourth-order valence-corrected chi connectivity index (χ4v) is 0.918. The lowest BCUT2D eigenvalue weighted by Gasteiger charge is -2.00. The summed E-state index contributed by atoms with van der Waals surface area (Å²) in [4.78, 5) is 10.6. The standard InChI is InChI=1S/C10H11FN2O/c1-7(12-13-8(2)14)9-3-5-10(11)6-4-9/h3-6H,1-2H3,(H,13,14)/b12-7+. The molecular weight excluding hydrogens is 183 g/mol. The normalized spacial score (nSPS) is 11.2. The Kier molecular flexibility index (Phi) is 3.34. The molecule has 0 aromatic heterocycles. The Bertz CT molecular complexity index is 357. The maximum Gasteiger partial charge on any atom is 0.236 e. The van der Waals surface area contributed by atoms with Crippen LogP contribution in [-0.2, 0) is 4.79 Å². The first-order chi connectivity index (χ1) is 6.59. The molecular formula is C10H11FN2O. The van der Waals surface area contributed by atoms with Crippen LogP contribution in [0.1, 0.15) is 19.4 Å². The summed E-state index contributed by atoms with van der Waals surface area (Å²) in [6.07, 6.45) is 0. The lowest BCUT2D eigenvalue weighted by atomic mass is 10.1. The van der Waals surface area contributed by atoms with Crippen LogP contribution in [0.3, 0.4) is 0 Å². The van der Waals surface area contributed by atoms with Gasteiger partial charge in [0.15, 0.2) is 0 Å². The monoisotopic (exact) mass is 194 g/mol. The Hall–Kier alpha value is -1.71. The highest BCUT2D eigenvalue weighted by atomic mass is 19.1. The van der Waals surface area contributed by atoms with Gasteiger partial charge in [-0.3, -0.25) is 4.79 Å². The van der Waals surface area contributed by atoms with Crippen molar-refractivity contribution in [3.63, 3.8) is 0 Å². The molecule has 0 saturated carbocycles. The van der Waals surface area contributed by atoms with E-state index in [1.165, 1.54) is 19.1 Å². The van der Waals surface area contributed by atoms with E-state index in [2.05, 4.69) is 10.5 Å². The van der Waals surface area contributed by atoms with E-state index < -0.39 is 0 Å². The van der Waals surface area contributed by atoms with Gasteiger partial charge in [0.1, 0.15) is 5.82 Å². The van der Waals surface area contributed by atoms with Crippen LogP contribution in [0.5, 0.6) is 0 Å². The van der Waals surface area contributed by atoms with Crippen LogP contribution in [0, 0.1) is 5.82 Å². The van der Waals surface area contributed by atoms with E-state index in [9.17, 15) is 9.18 Å². The number of nitrogens with one attached hydrogen (secondary N) is 1. The van der Waals surface area contributed by atoms with Crippen LogP contribution in [0.25, 0.3) is 0 Å². The smallest absolute Gasteiger partial charge is 0.236 e. The van der Waals surface area contributed by atoms with Gasteiger partial charge in [0.25, 0.3) is 0 Å². The average Bonchev–Trinajstić information content (AvgIpc) is 2.15. The number of carbonyl (C=O) groups excluding carboxylic acids is 1. The van der Waals surface area contributed by atoms with Gasteiger partial charge >= 0.3 is 0 Å². The van der Waals surface area contributed by atoms with Crippen LogP contribution in [-0.4, -0.2) is 11.6 Å². The first kappa shape index (κ1) is 10.4. The lowest BCUT2D eigenvalue weighted by Crippen LogP contribution is -2.14. The molecule has 1 N–H and O–H groups in total. The second-order valence-corrected chi connectivity index (χ2v) is 2.87. The molecule has 3 nitrogen and oxygen atoms in total. The Morgan fingerprint density at radius 1 is 1.29 bits per heavy atom. The van der Waals surface area contributed by atoms with Gasteiger partial charge in [-0.05, 0) is 24.6 Å². The molecule has 1 aromatic rings. The second kappa shape index (κ2) is 4.50. The van der Waals surface area contributed by atoms with Crippen molar-refractivity contribution >= 4 is 11.6 Å². The molecule has 74 valence electrons. The fraction of sp³-hybridized carbons (Fsp3) is 0.200. The summed E-state index contributed by atoms with van der Waals surface area (Å²) in [5, 5.41) is 3.82. The number of hydrazone groups is 1. The van der Waals surface area contributed by atoms with Crippen molar-refractivity contribution in [1.82, 2.24) is 5.43 Å². The van der Waals surface area contributed by atoms with Crippen LogP contribution >= 0.6 is 0 Å². The molecule has 0 saturated heterocycles. The minimum absolute atomic E-state index is 0.230. The van der Waals surface area contributed by atoms with E-state index in [1.54, 1.807) is 19.1 Å². The van der Waals surface area contributed by atoms with Crippen molar-refractivity contribution in [2.24, 2.45) is 5.10 Å². The van der Waals surface area contributed by atoms with Gasteiger partial charge < -0.3 is 0 Å². The van der Waals surface area contributed by atoms with Crippen molar-refractivity contribution in [3.8, 4) is 0 Å². The number of hydrogen-bond acceptors (Lipinski definition) is 2. The number of rotatable bonds is 2. The van der Waals surface area contributed by atoms with Gasteiger partial charge in [0.2, 0.25) is 5.91 Å². The summed E-state index contributed by atoms with van der Waals surface area (Å²) in [6, 6.07) is 5.91. The molecule has 14 heavy (non-hydrogen) atoms. The van der Waals surface area contributed by atoms with Gasteiger partial charge in [-0.25, -0.2) is 9.82 Å². The largest absolute Gasteiger partial charge is 0.274 e. The third-order valence-corrected chi connectivity index (χ3v) is 1.64. The van der Waals surface area contributed by atoms with Crippen molar-refractivity contribution in [3.05, 3.63) is 35.6 Å². The zero-order chi connectivity index (χ0) is 10.6. The molecule has 0 unspecified atom stereocenters. The summed E-state index contributed by atoms with van der Waals surface area (Å²) in [6.45, 7) is 3.12. The maximum absolute atomic E-state index is 12.6. The number of carbonyl (C=O) groups is 1. The number of amides is 1. The molecule has 0 atom stereocenters. The van der Waals surface area contributed by atoms with E-state index in [-0.39, 0.29) is 11.7 Å². The van der Waals surface area contributed by atoms with E-state index in [1.807, 2.05) is 0 Å². The quantitative estimate of drug-likeness (QED) is 0.565. The highest BCUT2D eigenvalue weighted by Gasteiger charge is 1.97. The molecule has 1 amide bonds. The number of benzene rings is 1. The van der Waals surface area contributed by atoms with Crippen molar-refractivity contribution < 1.29 is 9.18 Å². The minimum atomic E-state index is -0.291. The molecule has 1 rings (SSSR count). The second-order valence-electron chi connectivity index (χ2n) is 2.87. The third kappa shape index (κ3) is 2.97. The maximum atomic E-state index is 12.6. The Morgan fingerprint density at radius 3 is 2.36 bits per heavy atom. The van der Waals surface area contributed by atoms with E-state index in [0.29, 0.717) is 5.71 Å². The molecule has 0 radical (unpaired) electrons. The van der Waals surface area contributed by atoms with Gasteiger partial charge in [-0.15, -0.1) is 0 Å². The van der Waals surface area contributed by atoms with E-state index >= 15 is 0 Å². The molecule has 1 aromatic carbocycles. The highest BCUT2D eigenvalue weighted by Crippen LogP contribution is 2.03.